The van der Waals surface area contributed by atoms with Crippen molar-refractivity contribution in [2.24, 2.45) is 5.92 Å². The molecule has 0 aromatic carbocycles. The van der Waals surface area contributed by atoms with Crippen molar-refractivity contribution in [2.75, 3.05) is 26.8 Å². The van der Waals surface area contributed by atoms with Gasteiger partial charge in [-0.25, -0.2) is 0 Å². The van der Waals surface area contributed by atoms with E-state index in [0.29, 0.717) is 0 Å². The lowest BCUT2D eigenvalue weighted by molar-refractivity contribution is 0.199. The molecule has 0 unspecified atom stereocenters. The minimum atomic E-state index is 0.810. The minimum absolute atomic E-state index is 0.810. The van der Waals surface area contributed by atoms with E-state index in [1.54, 1.807) is 12.7 Å². The Morgan fingerprint density at radius 1 is 1.24 bits per heavy atom. The summed E-state index contributed by atoms with van der Waals surface area (Å²) in [5, 5.41) is 3.38. The van der Waals surface area contributed by atoms with Crippen LogP contribution < -0.4 is 5.32 Å². The number of methoxy groups -OCH3 is 1. The van der Waals surface area contributed by atoms with Gasteiger partial charge in [-0.05, 0) is 32.2 Å². The molecule has 1 N–H and O–H groups in total. The van der Waals surface area contributed by atoms with Crippen LogP contribution >= 0.6 is 0 Å². The van der Waals surface area contributed by atoms with Crippen molar-refractivity contribution in [3.05, 3.63) is 11.6 Å². The molecule has 2 heteroatoms. The molecule has 0 bridgehead atoms. The van der Waals surface area contributed by atoms with Crippen molar-refractivity contribution in [1.29, 1.82) is 0 Å². The van der Waals surface area contributed by atoms with E-state index < -0.39 is 0 Å². The van der Waals surface area contributed by atoms with Gasteiger partial charge in [0, 0.05) is 13.7 Å². The molecule has 0 saturated heterocycles. The molecule has 0 aromatic heterocycles. The second-order valence-electron chi connectivity index (χ2n) is 5.29. The molecule has 1 aliphatic carbocycles. The highest BCUT2D eigenvalue weighted by atomic mass is 16.5. The topological polar surface area (TPSA) is 21.3 Å². The summed E-state index contributed by atoms with van der Waals surface area (Å²) in [5.41, 5.74) is 1.59. The highest BCUT2D eigenvalue weighted by Gasteiger charge is 2.13. The van der Waals surface area contributed by atoms with Crippen LogP contribution in [-0.2, 0) is 4.74 Å². The van der Waals surface area contributed by atoms with Gasteiger partial charge in [-0.1, -0.05) is 43.8 Å². The van der Waals surface area contributed by atoms with Crippen molar-refractivity contribution in [3.63, 3.8) is 0 Å². The Morgan fingerprint density at radius 3 is 2.71 bits per heavy atom. The summed E-state index contributed by atoms with van der Waals surface area (Å²) < 4.78 is 4.99. The standard InChI is InChI=1S/C15H29NO/c1-14(7-6-10-16-11-12-17-2)13-15-8-4-3-5-9-15/h7,15-16H,3-6,8-13H2,1-2H3. The highest BCUT2D eigenvalue weighted by Crippen LogP contribution is 2.28. The second-order valence-corrected chi connectivity index (χ2v) is 5.29. The number of nitrogens with one attached hydrogen (secondary N) is 1. The van der Waals surface area contributed by atoms with Gasteiger partial charge in [-0.3, -0.25) is 0 Å². The number of hydrogen-bond acceptors (Lipinski definition) is 2. The van der Waals surface area contributed by atoms with Crippen LogP contribution in [0.1, 0.15) is 51.9 Å². The first-order valence-corrected chi connectivity index (χ1v) is 7.18. The quantitative estimate of drug-likeness (QED) is 0.517. The SMILES string of the molecule is COCCNCCC=C(C)CC1CCCCC1. The van der Waals surface area contributed by atoms with Crippen LogP contribution in [0.3, 0.4) is 0 Å². The zero-order chi connectivity index (χ0) is 12.3. The molecule has 1 fully saturated rings. The van der Waals surface area contributed by atoms with E-state index in [0.717, 1.165) is 32.0 Å². The fraction of sp³-hybridized carbons (Fsp3) is 0.867. The van der Waals surface area contributed by atoms with Crippen LogP contribution in [-0.4, -0.2) is 26.8 Å². The Bertz CT molecular complexity index is 207. The molecule has 1 rings (SSSR count). The van der Waals surface area contributed by atoms with E-state index in [9.17, 15) is 0 Å². The normalized spacial score (nSPS) is 18.6. The summed E-state index contributed by atoms with van der Waals surface area (Å²) in [7, 11) is 1.75. The average molecular weight is 239 g/mol. The van der Waals surface area contributed by atoms with Crippen molar-refractivity contribution >= 4 is 0 Å². The Labute approximate surface area is 107 Å². The largest absolute Gasteiger partial charge is 0.383 e. The number of hydrogen-bond donors (Lipinski definition) is 1. The van der Waals surface area contributed by atoms with E-state index >= 15 is 0 Å². The Balaban J connectivity index is 2.03. The van der Waals surface area contributed by atoms with Crippen LogP contribution in [0, 0.1) is 5.92 Å². The predicted molar refractivity (Wildman–Crippen MR) is 74.3 cm³/mol. The van der Waals surface area contributed by atoms with Gasteiger partial charge in [0.2, 0.25) is 0 Å². The zero-order valence-electron chi connectivity index (χ0n) is 11.6. The van der Waals surface area contributed by atoms with Crippen molar-refractivity contribution in [3.8, 4) is 0 Å². The molecular weight excluding hydrogens is 210 g/mol. The summed E-state index contributed by atoms with van der Waals surface area (Å²) in [6.45, 7) is 5.14. The van der Waals surface area contributed by atoms with Gasteiger partial charge in [-0.2, -0.15) is 0 Å². The van der Waals surface area contributed by atoms with Gasteiger partial charge in [0.15, 0.2) is 0 Å². The molecule has 100 valence electrons. The lowest BCUT2D eigenvalue weighted by Gasteiger charge is -2.21. The Kier molecular flexibility index (Phi) is 8.37. The van der Waals surface area contributed by atoms with Crippen LogP contribution in [0.15, 0.2) is 11.6 Å². The maximum atomic E-state index is 4.99. The fourth-order valence-electron chi connectivity index (χ4n) is 2.65. The van der Waals surface area contributed by atoms with Gasteiger partial charge in [0.25, 0.3) is 0 Å². The van der Waals surface area contributed by atoms with E-state index in [1.165, 1.54) is 38.5 Å². The second kappa shape index (κ2) is 9.67. The molecule has 0 heterocycles. The number of rotatable bonds is 8. The molecule has 0 radical (unpaired) electrons. The van der Waals surface area contributed by atoms with Crippen LogP contribution in [0.5, 0.6) is 0 Å². The average Bonchev–Trinajstić information content (AvgIpc) is 2.35. The maximum absolute atomic E-state index is 4.99. The van der Waals surface area contributed by atoms with E-state index in [2.05, 4.69) is 18.3 Å². The highest BCUT2D eigenvalue weighted by molar-refractivity contribution is 4.99. The Hall–Kier alpha value is -0.340. The van der Waals surface area contributed by atoms with Gasteiger partial charge in [-0.15, -0.1) is 0 Å². The molecule has 1 saturated carbocycles. The third-order valence-electron chi connectivity index (χ3n) is 3.63. The maximum Gasteiger partial charge on any atom is 0.0587 e. The van der Waals surface area contributed by atoms with Gasteiger partial charge in [0.1, 0.15) is 0 Å². The summed E-state index contributed by atoms with van der Waals surface area (Å²) in [6, 6.07) is 0. The summed E-state index contributed by atoms with van der Waals surface area (Å²) in [4.78, 5) is 0. The summed E-state index contributed by atoms with van der Waals surface area (Å²) in [6.07, 6.45) is 12.2. The lowest BCUT2D eigenvalue weighted by atomic mass is 9.85. The van der Waals surface area contributed by atoms with E-state index in [-0.39, 0.29) is 0 Å². The monoisotopic (exact) mass is 239 g/mol. The minimum Gasteiger partial charge on any atom is -0.383 e. The van der Waals surface area contributed by atoms with Crippen LogP contribution in [0.4, 0.5) is 0 Å². The zero-order valence-corrected chi connectivity index (χ0v) is 11.6. The molecule has 0 aliphatic heterocycles. The third-order valence-corrected chi connectivity index (χ3v) is 3.63. The molecule has 0 amide bonds. The van der Waals surface area contributed by atoms with E-state index in [1.807, 2.05) is 0 Å². The van der Waals surface area contributed by atoms with Crippen molar-refractivity contribution < 1.29 is 4.74 Å². The summed E-state index contributed by atoms with van der Waals surface area (Å²) >= 11 is 0. The lowest BCUT2D eigenvalue weighted by Crippen LogP contribution is -2.19. The first-order chi connectivity index (χ1) is 8.33. The first kappa shape index (κ1) is 14.7. The van der Waals surface area contributed by atoms with Gasteiger partial charge >= 0.3 is 0 Å². The van der Waals surface area contributed by atoms with Crippen LogP contribution in [0.2, 0.25) is 0 Å². The fourth-order valence-corrected chi connectivity index (χ4v) is 2.65. The molecule has 2 nitrogen and oxygen atoms in total. The van der Waals surface area contributed by atoms with E-state index in [4.69, 9.17) is 4.74 Å². The number of allylic oxidation sites excluding steroid dienone is 1. The molecule has 0 spiro atoms. The molecule has 17 heavy (non-hydrogen) atoms. The van der Waals surface area contributed by atoms with Crippen LogP contribution in [0.25, 0.3) is 0 Å². The predicted octanol–water partition coefficient (Wildman–Crippen LogP) is 3.53. The first-order valence-electron chi connectivity index (χ1n) is 7.18. The van der Waals surface area contributed by atoms with Gasteiger partial charge in [0.05, 0.1) is 6.61 Å². The van der Waals surface area contributed by atoms with Crippen molar-refractivity contribution in [2.45, 2.75) is 51.9 Å². The van der Waals surface area contributed by atoms with Crippen molar-refractivity contribution in [1.82, 2.24) is 5.32 Å². The Morgan fingerprint density at radius 2 is 2.00 bits per heavy atom. The molecular formula is C15H29NO. The third kappa shape index (κ3) is 7.56. The summed E-state index contributed by atoms with van der Waals surface area (Å²) in [5.74, 6) is 0.974. The number of ether oxygens (including phenoxy) is 1. The smallest absolute Gasteiger partial charge is 0.0587 e. The molecule has 0 atom stereocenters. The molecule has 0 aromatic rings. The van der Waals surface area contributed by atoms with Gasteiger partial charge < -0.3 is 10.1 Å². The molecule has 1 aliphatic rings.